The summed E-state index contributed by atoms with van der Waals surface area (Å²) in [5.41, 5.74) is 2.35. The Morgan fingerprint density at radius 2 is 1.93 bits per heavy atom. The zero-order valence-corrected chi connectivity index (χ0v) is 8.96. The molecule has 14 heavy (non-hydrogen) atoms. The third-order valence-electron chi connectivity index (χ3n) is 2.57. The van der Waals surface area contributed by atoms with E-state index in [4.69, 9.17) is 9.47 Å². The molecule has 1 heterocycles. The van der Waals surface area contributed by atoms with Crippen LogP contribution >= 0.6 is 0 Å². The van der Waals surface area contributed by atoms with Crippen molar-refractivity contribution in [3.63, 3.8) is 0 Å². The van der Waals surface area contributed by atoms with Crippen LogP contribution in [0.5, 0.6) is 5.75 Å². The Morgan fingerprint density at radius 3 is 2.43 bits per heavy atom. The number of epoxide rings is 1. The molecule has 1 aliphatic heterocycles. The van der Waals surface area contributed by atoms with E-state index in [-0.39, 0.29) is 5.60 Å². The van der Waals surface area contributed by atoms with Gasteiger partial charge >= 0.3 is 0 Å². The highest BCUT2D eigenvalue weighted by Gasteiger charge is 2.40. The molecule has 0 bridgehead atoms. The summed E-state index contributed by atoms with van der Waals surface area (Å²) in [6.07, 6.45) is 0. The molecule has 2 heteroatoms. The van der Waals surface area contributed by atoms with E-state index in [0.29, 0.717) is 6.61 Å². The van der Waals surface area contributed by atoms with E-state index in [2.05, 4.69) is 32.9 Å². The van der Waals surface area contributed by atoms with E-state index in [0.717, 1.165) is 12.4 Å². The SMILES string of the molecule is Cc1cccc(C)c1OCC1(C)CO1. The van der Waals surface area contributed by atoms with Gasteiger partial charge in [0.05, 0.1) is 6.61 Å². The van der Waals surface area contributed by atoms with Crippen LogP contribution in [0.15, 0.2) is 18.2 Å². The standard InChI is InChI=1S/C12H16O2/c1-9-5-4-6-10(2)11(9)13-7-12(3)8-14-12/h4-6H,7-8H2,1-3H3. The van der Waals surface area contributed by atoms with Crippen LogP contribution in [-0.2, 0) is 4.74 Å². The van der Waals surface area contributed by atoms with Crippen LogP contribution in [0, 0.1) is 13.8 Å². The van der Waals surface area contributed by atoms with Crippen molar-refractivity contribution in [1.29, 1.82) is 0 Å². The first-order valence-corrected chi connectivity index (χ1v) is 4.94. The minimum absolute atomic E-state index is 0.0330. The highest BCUT2D eigenvalue weighted by atomic mass is 16.6. The van der Waals surface area contributed by atoms with Gasteiger partial charge in [0.1, 0.15) is 18.0 Å². The molecule has 0 saturated carbocycles. The van der Waals surface area contributed by atoms with Gasteiger partial charge in [0.15, 0.2) is 0 Å². The number of hydrogen-bond donors (Lipinski definition) is 0. The van der Waals surface area contributed by atoms with Crippen LogP contribution in [0.25, 0.3) is 0 Å². The van der Waals surface area contributed by atoms with Gasteiger partial charge in [-0.05, 0) is 31.9 Å². The van der Waals surface area contributed by atoms with E-state index in [1.807, 2.05) is 6.07 Å². The molecular weight excluding hydrogens is 176 g/mol. The quantitative estimate of drug-likeness (QED) is 0.686. The van der Waals surface area contributed by atoms with Gasteiger partial charge < -0.3 is 9.47 Å². The van der Waals surface area contributed by atoms with Crippen LogP contribution < -0.4 is 4.74 Å². The fourth-order valence-corrected chi connectivity index (χ4v) is 1.46. The first kappa shape index (κ1) is 9.53. The molecule has 0 aliphatic carbocycles. The van der Waals surface area contributed by atoms with Crippen LogP contribution in [0.4, 0.5) is 0 Å². The van der Waals surface area contributed by atoms with Crippen LogP contribution in [0.3, 0.4) is 0 Å². The van der Waals surface area contributed by atoms with Gasteiger partial charge in [-0.3, -0.25) is 0 Å². The minimum Gasteiger partial charge on any atom is -0.490 e. The maximum absolute atomic E-state index is 5.77. The number of benzene rings is 1. The predicted octanol–water partition coefficient (Wildman–Crippen LogP) is 2.47. The Balaban J connectivity index is 2.08. The average molecular weight is 192 g/mol. The summed E-state index contributed by atoms with van der Waals surface area (Å²) in [5.74, 6) is 1.00. The third-order valence-corrected chi connectivity index (χ3v) is 2.57. The highest BCUT2D eigenvalue weighted by molar-refractivity contribution is 5.39. The topological polar surface area (TPSA) is 21.8 Å². The minimum atomic E-state index is -0.0330. The first-order chi connectivity index (χ1) is 6.61. The molecule has 1 aliphatic rings. The molecule has 2 rings (SSSR count). The molecule has 1 atom stereocenters. The number of para-hydroxylation sites is 1. The van der Waals surface area contributed by atoms with E-state index < -0.39 is 0 Å². The van der Waals surface area contributed by atoms with Crippen LogP contribution in [0.2, 0.25) is 0 Å². The maximum atomic E-state index is 5.77. The Labute approximate surface area is 84.8 Å². The van der Waals surface area contributed by atoms with Crippen molar-refractivity contribution in [2.45, 2.75) is 26.4 Å². The van der Waals surface area contributed by atoms with Crippen molar-refractivity contribution in [3.05, 3.63) is 29.3 Å². The molecule has 1 fully saturated rings. The normalized spacial score (nSPS) is 24.8. The van der Waals surface area contributed by atoms with Gasteiger partial charge in [-0.1, -0.05) is 18.2 Å². The van der Waals surface area contributed by atoms with Crippen molar-refractivity contribution >= 4 is 0 Å². The van der Waals surface area contributed by atoms with E-state index in [1.165, 1.54) is 11.1 Å². The Kier molecular flexibility index (Phi) is 2.23. The van der Waals surface area contributed by atoms with Gasteiger partial charge in [-0.25, -0.2) is 0 Å². The fourth-order valence-electron chi connectivity index (χ4n) is 1.46. The molecule has 0 amide bonds. The summed E-state index contributed by atoms with van der Waals surface area (Å²) in [7, 11) is 0. The van der Waals surface area contributed by atoms with E-state index >= 15 is 0 Å². The molecule has 0 aromatic heterocycles. The molecule has 1 aromatic carbocycles. The lowest BCUT2D eigenvalue weighted by molar-refractivity contribution is 0.201. The highest BCUT2D eigenvalue weighted by Crippen LogP contribution is 2.29. The molecule has 1 unspecified atom stereocenters. The zero-order chi connectivity index (χ0) is 10.2. The van der Waals surface area contributed by atoms with Crippen LogP contribution in [0.1, 0.15) is 18.1 Å². The summed E-state index contributed by atoms with van der Waals surface area (Å²) in [5, 5.41) is 0. The smallest absolute Gasteiger partial charge is 0.125 e. The maximum Gasteiger partial charge on any atom is 0.125 e. The van der Waals surface area contributed by atoms with Gasteiger partial charge in [0.25, 0.3) is 0 Å². The summed E-state index contributed by atoms with van der Waals surface area (Å²) < 4.78 is 11.0. The monoisotopic (exact) mass is 192 g/mol. The summed E-state index contributed by atoms with van der Waals surface area (Å²) in [4.78, 5) is 0. The molecule has 0 spiro atoms. The second kappa shape index (κ2) is 3.28. The van der Waals surface area contributed by atoms with Crippen molar-refractivity contribution in [2.75, 3.05) is 13.2 Å². The number of rotatable bonds is 3. The van der Waals surface area contributed by atoms with Gasteiger partial charge in [0.2, 0.25) is 0 Å². The van der Waals surface area contributed by atoms with Crippen molar-refractivity contribution in [3.8, 4) is 5.75 Å². The van der Waals surface area contributed by atoms with Crippen molar-refractivity contribution in [1.82, 2.24) is 0 Å². The second-order valence-corrected chi connectivity index (χ2v) is 4.25. The Bertz CT molecular complexity index is 320. The number of ether oxygens (including phenoxy) is 2. The van der Waals surface area contributed by atoms with Gasteiger partial charge in [-0.2, -0.15) is 0 Å². The second-order valence-electron chi connectivity index (χ2n) is 4.25. The first-order valence-electron chi connectivity index (χ1n) is 4.94. The lowest BCUT2D eigenvalue weighted by Crippen LogP contribution is -2.17. The molecule has 1 aromatic rings. The zero-order valence-electron chi connectivity index (χ0n) is 8.96. The third kappa shape index (κ3) is 1.90. The number of hydrogen-bond acceptors (Lipinski definition) is 2. The molecule has 76 valence electrons. The summed E-state index contributed by atoms with van der Waals surface area (Å²) >= 11 is 0. The van der Waals surface area contributed by atoms with E-state index in [9.17, 15) is 0 Å². The fraction of sp³-hybridized carbons (Fsp3) is 0.500. The summed E-state index contributed by atoms with van der Waals surface area (Å²) in [6, 6.07) is 6.18. The summed E-state index contributed by atoms with van der Waals surface area (Å²) in [6.45, 7) is 7.67. The molecule has 0 N–H and O–H groups in total. The molecule has 1 saturated heterocycles. The Hall–Kier alpha value is -1.02. The molecular formula is C12H16O2. The van der Waals surface area contributed by atoms with Crippen molar-refractivity contribution in [2.24, 2.45) is 0 Å². The average Bonchev–Trinajstić information content (AvgIpc) is 2.83. The van der Waals surface area contributed by atoms with Crippen LogP contribution in [-0.4, -0.2) is 18.8 Å². The van der Waals surface area contributed by atoms with Gasteiger partial charge in [-0.15, -0.1) is 0 Å². The lowest BCUT2D eigenvalue weighted by Gasteiger charge is -2.13. The molecule has 0 radical (unpaired) electrons. The number of aryl methyl sites for hydroxylation is 2. The predicted molar refractivity (Wildman–Crippen MR) is 55.8 cm³/mol. The molecule has 2 nitrogen and oxygen atoms in total. The van der Waals surface area contributed by atoms with Gasteiger partial charge in [0, 0.05) is 0 Å². The lowest BCUT2D eigenvalue weighted by atomic mass is 10.1. The Morgan fingerprint density at radius 1 is 1.36 bits per heavy atom. The van der Waals surface area contributed by atoms with E-state index in [1.54, 1.807) is 0 Å². The van der Waals surface area contributed by atoms with Crippen molar-refractivity contribution < 1.29 is 9.47 Å². The largest absolute Gasteiger partial charge is 0.490 e.